The molecule has 6 nitrogen and oxygen atoms in total. The van der Waals surface area contributed by atoms with E-state index in [1.807, 2.05) is 12.4 Å². The van der Waals surface area contributed by atoms with Gasteiger partial charge in [-0.25, -0.2) is 4.98 Å². The molecule has 0 spiro atoms. The number of benzene rings is 1. The number of nitrogen functional groups attached to an aromatic ring is 1. The Morgan fingerprint density at radius 2 is 2.00 bits per heavy atom. The molecule has 0 bridgehead atoms. The van der Waals surface area contributed by atoms with Gasteiger partial charge in [0.05, 0.1) is 12.1 Å². The van der Waals surface area contributed by atoms with Crippen LogP contribution in [0.5, 0.6) is 5.75 Å². The number of H-pyrrole nitrogens is 1. The number of imidazole rings is 1. The van der Waals surface area contributed by atoms with Gasteiger partial charge < -0.3 is 15.5 Å². The van der Waals surface area contributed by atoms with E-state index in [4.69, 9.17) is 15.5 Å². The Morgan fingerprint density at radius 1 is 1.08 bits per heavy atom. The van der Waals surface area contributed by atoms with Gasteiger partial charge in [0.1, 0.15) is 5.75 Å². The van der Waals surface area contributed by atoms with Gasteiger partial charge in [-0.05, 0) is 103 Å². The Bertz CT molecular complexity index is 1390. The largest absolute Gasteiger partial charge is 0.493 e. The monoisotopic (exact) mass is 481 g/mol. The van der Waals surface area contributed by atoms with Crippen molar-refractivity contribution >= 4 is 17.1 Å². The summed E-state index contributed by atoms with van der Waals surface area (Å²) in [5, 5.41) is 0. The minimum atomic E-state index is 0.391. The summed E-state index contributed by atoms with van der Waals surface area (Å²) in [6.07, 6.45) is 12.0. The summed E-state index contributed by atoms with van der Waals surface area (Å²) in [5.74, 6) is 3.35. The summed E-state index contributed by atoms with van der Waals surface area (Å²) in [5.41, 5.74) is 15.2. The van der Waals surface area contributed by atoms with Crippen LogP contribution in [-0.2, 0) is 25.7 Å². The van der Waals surface area contributed by atoms with Crippen molar-refractivity contribution in [2.45, 2.75) is 58.8 Å². The highest BCUT2D eigenvalue weighted by Crippen LogP contribution is 2.36. The van der Waals surface area contributed by atoms with E-state index in [1.165, 1.54) is 41.6 Å². The average molecular weight is 482 g/mol. The van der Waals surface area contributed by atoms with E-state index in [0.717, 1.165) is 60.6 Å². The first kappa shape index (κ1) is 23.0. The maximum atomic E-state index is 6.30. The first-order valence-corrected chi connectivity index (χ1v) is 13.4. The normalized spacial score (nSPS) is 21.8. The molecule has 4 heterocycles. The van der Waals surface area contributed by atoms with Gasteiger partial charge in [0.2, 0.25) is 0 Å². The highest BCUT2D eigenvalue weighted by molar-refractivity contribution is 5.79. The summed E-state index contributed by atoms with van der Waals surface area (Å²) in [7, 11) is 0. The molecule has 0 amide bonds. The molecule has 1 aliphatic heterocycles. The smallest absolute Gasteiger partial charge is 0.200 e. The number of nitrogens with one attached hydrogen (secondary N) is 1. The molecule has 4 aromatic rings. The molecule has 36 heavy (non-hydrogen) atoms. The van der Waals surface area contributed by atoms with Crippen LogP contribution in [-0.4, -0.2) is 26.5 Å². The Balaban J connectivity index is 1.25. The summed E-state index contributed by atoms with van der Waals surface area (Å²) < 4.78 is 6.30. The van der Waals surface area contributed by atoms with Crippen molar-refractivity contribution < 1.29 is 4.74 Å². The van der Waals surface area contributed by atoms with Gasteiger partial charge in [-0.3, -0.25) is 4.98 Å². The Morgan fingerprint density at radius 3 is 2.89 bits per heavy atom. The number of aryl methyl sites for hydroxylation is 1. The molecule has 0 saturated heterocycles. The number of nitrogens with two attached hydrogens (primary N) is 1. The summed E-state index contributed by atoms with van der Waals surface area (Å²) in [6.45, 7) is 5.49. The first-order valence-electron chi connectivity index (χ1n) is 13.4. The van der Waals surface area contributed by atoms with Crippen LogP contribution < -0.4 is 10.5 Å². The molecule has 6 heteroatoms. The number of aromatic amines is 1. The van der Waals surface area contributed by atoms with Crippen molar-refractivity contribution in [2.24, 2.45) is 17.8 Å². The molecule has 3 atom stereocenters. The van der Waals surface area contributed by atoms with Crippen LogP contribution in [0.3, 0.4) is 0 Å². The van der Waals surface area contributed by atoms with E-state index in [2.05, 4.69) is 59.1 Å². The molecule has 0 saturated carbocycles. The predicted octanol–water partition coefficient (Wildman–Crippen LogP) is 5.94. The number of rotatable bonds is 4. The van der Waals surface area contributed by atoms with Crippen LogP contribution >= 0.6 is 0 Å². The van der Waals surface area contributed by atoms with Crippen LogP contribution in [0, 0.1) is 17.8 Å². The number of anilines is 1. The van der Waals surface area contributed by atoms with Crippen LogP contribution in [0.4, 0.5) is 5.95 Å². The van der Waals surface area contributed by atoms with Crippen molar-refractivity contribution in [2.75, 3.05) is 12.3 Å². The van der Waals surface area contributed by atoms with Crippen molar-refractivity contribution in [1.82, 2.24) is 19.9 Å². The van der Waals surface area contributed by atoms with Gasteiger partial charge in [-0.1, -0.05) is 26.3 Å². The Hall–Kier alpha value is -3.41. The highest BCUT2D eigenvalue weighted by atomic mass is 16.5. The lowest BCUT2D eigenvalue weighted by molar-refractivity contribution is 0.221. The molecule has 3 unspecified atom stereocenters. The number of hydrogen-bond donors (Lipinski definition) is 2. The fourth-order valence-electron chi connectivity index (χ4n) is 6.16. The Labute approximate surface area is 212 Å². The molecular formula is C30H35N5O. The Kier molecular flexibility index (Phi) is 6.12. The molecule has 0 radical (unpaired) electrons. The average Bonchev–Trinajstić information content (AvgIpc) is 3.26. The molecule has 3 N–H and O–H groups in total. The van der Waals surface area contributed by atoms with Crippen LogP contribution in [0.15, 0.2) is 42.7 Å². The SMILES string of the molecule is CCC1CCc2nccc(CC3CCOc4ccc(-c5cnc6nc(N)[nH]c6c5)cc4CC3C)c2C1. The van der Waals surface area contributed by atoms with Crippen molar-refractivity contribution in [3.63, 3.8) is 0 Å². The third-order valence-corrected chi connectivity index (χ3v) is 8.43. The van der Waals surface area contributed by atoms with Crippen LogP contribution in [0.25, 0.3) is 22.3 Å². The van der Waals surface area contributed by atoms with E-state index < -0.39 is 0 Å². The zero-order chi connectivity index (χ0) is 24.6. The van der Waals surface area contributed by atoms with Gasteiger partial charge in [-0.15, -0.1) is 0 Å². The minimum absolute atomic E-state index is 0.391. The van der Waals surface area contributed by atoms with E-state index >= 15 is 0 Å². The fourth-order valence-corrected chi connectivity index (χ4v) is 6.16. The summed E-state index contributed by atoms with van der Waals surface area (Å²) >= 11 is 0. The minimum Gasteiger partial charge on any atom is -0.493 e. The lowest BCUT2D eigenvalue weighted by atomic mass is 9.77. The molecule has 186 valence electrons. The molecular weight excluding hydrogens is 446 g/mol. The van der Waals surface area contributed by atoms with Gasteiger partial charge in [-0.2, -0.15) is 4.98 Å². The maximum absolute atomic E-state index is 6.30. The first-order chi connectivity index (χ1) is 17.6. The van der Waals surface area contributed by atoms with Crippen molar-refractivity contribution in [1.29, 1.82) is 0 Å². The number of hydrogen-bond acceptors (Lipinski definition) is 5. The van der Waals surface area contributed by atoms with E-state index in [-0.39, 0.29) is 0 Å². The van der Waals surface area contributed by atoms with Gasteiger partial charge >= 0.3 is 0 Å². The molecule has 1 aliphatic carbocycles. The lowest BCUT2D eigenvalue weighted by Gasteiger charge is -2.30. The zero-order valence-corrected chi connectivity index (χ0v) is 21.3. The van der Waals surface area contributed by atoms with Gasteiger partial charge in [0, 0.05) is 23.7 Å². The van der Waals surface area contributed by atoms with E-state index in [9.17, 15) is 0 Å². The predicted molar refractivity (Wildman–Crippen MR) is 144 cm³/mol. The molecule has 2 aliphatic rings. The van der Waals surface area contributed by atoms with Gasteiger partial charge in [0.25, 0.3) is 0 Å². The summed E-state index contributed by atoms with van der Waals surface area (Å²) in [4.78, 5) is 16.5. The second-order valence-electron chi connectivity index (χ2n) is 10.7. The van der Waals surface area contributed by atoms with Crippen LogP contribution in [0.2, 0.25) is 0 Å². The quantitative estimate of drug-likeness (QED) is 0.377. The number of ether oxygens (including phenoxy) is 1. The fraction of sp³-hybridized carbons (Fsp3) is 0.433. The number of aromatic nitrogens is 4. The second kappa shape index (κ2) is 9.57. The molecule has 0 fully saturated rings. The number of fused-ring (bicyclic) bond motifs is 3. The van der Waals surface area contributed by atoms with Crippen molar-refractivity contribution in [3.05, 3.63) is 65.1 Å². The number of nitrogens with zero attached hydrogens (tertiary/aromatic N) is 3. The van der Waals surface area contributed by atoms with Gasteiger partial charge in [0.15, 0.2) is 11.6 Å². The van der Waals surface area contributed by atoms with E-state index in [0.29, 0.717) is 23.4 Å². The zero-order valence-electron chi connectivity index (χ0n) is 21.3. The summed E-state index contributed by atoms with van der Waals surface area (Å²) in [6, 6.07) is 10.9. The van der Waals surface area contributed by atoms with Crippen molar-refractivity contribution in [3.8, 4) is 16.9 Å². The third kappa shape index (κ3) is 4.45. The standard InChI is InChI=1S/C30H35N5O/c1-3-19-4-6-26-25(13-19)22(8-10-32-26)14-20-9-11-36-28-7-5-21(15-23(28)12-18(20)2)24-16-27-29(33-17-24)35-30(31)34-27/h5,7-8,10,15-20H,3-4,6,9,11-14H2,1-2H3,(H3,31,33,34,35). The molecule has 6 rings (SSSR count). The third-order valence-electron chi connectivity index (χ3n) is 8.43. The lowest BCUT2D eigenvalue weighted by Crippen LogP contribution is -2.24. The molecule has 3 aromatic heterocycles. The maximum Gasteiger partial charge on any atom is 0.200 e. The second-order valence-corrected chi connectivity index (χ2v) is 10.7. The molecule has 1 aromatic carbocycles. The highest BCUT2D eigenvalue weighted by Gasteiger charge is 2.26. The van der Waals surface area contributed by atoms with Crippen LogP contribution in [0.1, 0.15) is 55.5 Å². The number of pyridine rings is 2. The topological polar surface area (TPSA) is 89.7 Å². The van der Waals surface area contributed by atoms with E-state index in [1.54, 1.807) is 0 Å².